The number of hydrogen-bond donors (Lipinski definition) is 1. The third kappa shape index (κ3) is 4.63. The maximum Gasteiger partial charge on any atom is 0.138 e. The molecule has 0 spiro atoms. The van der Waals surface area contributed by atoms with Crippen LogP contribution in [0.25, 0.3) is 0 Å². The van der Waals surface area contributed by atoms with Crippen molar-refractivity contribution in [2.24, 2.45) is 7.05 Å². The Kier molecular flexibility index (Phi) is 4.73. The fourth-order valence-corrected chi connectivity index (χ4v) is 2.20. The first-order valence-corrected chi connectivity index (χ1v) is 7.18. The van der Waals surface area contributed by atoms with Gasteiger partial charge < -0.3 is 5.32 Å². The molecule has 0 aliphatic heterocycles. The highest BCUT2D eigenvalue weighted by molar-refractivity contribution is 5.22. The summed E-state index contributed by atoms with van der Waals surface area (Å²) in [6.45, 7) is 7.22. The van der Waals surface area contributed by atoms with Crippen molar-refractivity contribution in [3.8, 4) is 0 Å². The minimum atomic E-state index is -0.208. The largest absolute Gasteiger partial charge is 0.311 e. The second-order valence-corrected chi connectivity index (χ2v) is 6.38. The minimum absolute atomic E-state index is 0.0398. The standard InChI is InChI=1S/C16H23FN4/c1-16(2,3)19-10-13(9-15-18-11-20-21(15)4)12-5-7-14(17)8-6-12/h5-8,11,13,19H,9-10H2,1-4H3. The molecule has 0 aliphatic rings. The van der Waals surface area contributed by atoms with E-state index < -0.39 is 0 Å². The molecule has 0 bridgehead atoms. The van der Waals surface area contributed by atoms with E-state index in [-0.39, 0.29) is 17.3 Å². The summed E-state index contributed by atoms with van der Waals surface area (Å²) in [6, 6.07) is 6.72. The third-order valence-electron chi connectivity index (χ3n) is 3.45. The van der Waals surface area contributed by atoms with Crippen LogP contribution in [-0.4, -0.2) is 26.8 Å². The molecule has 0 aliphatic carbocycles. The average molecular weight is 290 g/mol. The molecular formula is C16H23FN4. The Balaban J connectivity index is 2.17. The van der Waals surface area contributed by atoms with Gasteiger partial charge in [-0.05, 0) is 38.5 Å². The normalized spacial score (nSPS) is 13.4. The van der Waals surface area contributed by atoms with Crippen LogP contribution in [0.3, 0.4) is 0 Å². The van der Waals surface area contributed by atoms with Gasteiger partial charge in [0.15, 0.2) is 0 Å². The average Bonchev–Trinajstić information content (AvgIpc) is 2.80. The van der Waals surface area contributed by atoms with E-state index in [0.29, 0.717) is 0 Å². The summed E-state index contributed by atoms with van der Waals surface area (Å²) in [5, 5.41) is 7.63. The molecule has 0 radical (unpaired) electrons. The molecule has 0 amide bonds. The van der Waals surface area contributed by atoms with Crippen molar-refractivity contribution in [3.05, 3.63) is 47.8 Å². The Morgan fingerprint density at radius 2 is 1.90 bits per heavy atom. The van der Waals surface area contributed by atoms with E-state index in [4.69, 9.17) is 0 Å². The number of nitrogens with one attached hydrogen (secondary N) is 1. The van der Waals surface area contributed by atoms with Crippen LogP contribution in [0.15, 0.2) is 30.6 Å². The van der Waals surface area contributed by atoms with E-state index in [2.05, 4.69) is 36.2 Å². The monoisotopic (exact) mass is 290 g/mol. The van der Waals surface area contributed by atoms with Gasteiger partial charge in [0.1, 0.15) is 18.0 Å². The van der Waals surface area contributed by atoms with E-state index >= 15 is 0 Å². The van der Waals surface area contributed by atoms with Crippen molar-refractivity contribution in [3.63, 3.8) is 0 Å². The molecule has 0 fully saturated rings. The van der Waals surface area contributed by atoms with Crippen molar-refractivity contribution in [1.29, 1.82) is 0 Å². The van der Waals surface area contributed by atoms with Gasteiger partial charge in [0.05, 0.1) is 0 Å². The smallest absolute Gasteiger partial charge is 0.138 e. The quantitative estimate of drug-likeness (QED) is 0.920. The van der Waals surface area contributed by atoms with Crippen LogP contribution in [0.1, 0.15) is 38.1 Å². The van der Waals surface area contributed by atoms with Crippen molar-refractivity contribution >= 4 is 0 Å². The second kappa shape index (κ2) is 6.35. The highest BCUT2D eigenvalue weighted by atomic mass is 19.1. The number of rotatable bonds is 5. The van der Waals surface area contributed by atoms with Gasteiger partial charge in [-0.2, -0.15) is 5.10 Å². The predicted octanol–water partition coefficient (Wildman–Crippen LogP) is 2.67. The molecule has 114 valence electrons. The number of halogens is 1. The highest BCUT2D eigenvalue weighted by Gasteiger charge is 2.18. The molecule has 0 saturated heterocycles. The maximum atomic E-state index is 13.1. The van der Waals surface area contributed by atoms with Crippen LogP contribution in [0.2, 0.25) is 0 Å². The van der Waals surface area contributed by atoms with Gasteiger partial charge in [-0.15, -0.1) is 0 Å². The lowest BCUT2D eigenvalue weighted by atomic mass is 9.94. The van der Waals surface area contributed by atoms with Crippen molar-refractivity contribution in [1.82, 2.24) is 20.1 Å². The van der Waals surface area contributed by atoms with Crippen LogP contribution in [0.5, 0.6) is 0 Å². The minimum Gasteiger partial charge on any atom is -0.311 e. The van der Waals surface area contributed by atoms with Crippen LogP contribution in [-0.2, 0) is 13.5 Å². The fourth-order valence-electron chi connectivity index (χ4n) is 2.20. The van der Waals surface area contributed by atoms with Crippen LogP contribution in [0.4, 0.5) is 4.39 Å². The molecular weight excluding hydrogens is 267 g/mol. The summed E-state index contributed by atoms with van der Waals surface area (Å²) >= 11 is 0. The highest BCUT2D eigenvalue weighted by Crippen LogP contribution is 2.20. The lowest BCUT2D eigenvalue weighted by Gasteiger charge is -2.25. The van der Waals surface area contributed by atoms with E-state index in [9.17, 15) is 4.39 Å². The Morgan fingerprint density at radius 1 is 1.24 bits per heavy atom. The Hall–Kier alpha value is -1.75. The summed E-state index contributed by atoms with van der Waals surface area (Å²) in [5.74, 6) is 0.952. The first kappa shape index (κ1) is 15.6. The molecule has 2 aromatic rings. The van der Waals surface area contributed by atoms with Gasteiger partial charge in [-0.1, -0.05) is 12.1 Å². The van der Waals surface area contributed by atoms with Crippen LogP contribution < -0.4 is 5.32 Å². The summed E-state index contributed by atoms with van der Waals surface area (Å²) < 4.78 is 14.9. The summed E-state index contributed by atoms with van der Waals surface area (Å²) in [5.41, 5.74) is 1.15. The Morgan fingerprint density at radius 3 is 2.43 bits per heavy atom. The van der Waals surface area contributed by atoms with Gasteiger partial charge in [-0.3, -0.25) is 4.68 Å². The molecule has 5 heteroatoms. The molecule has 1 atom stereocenters. The number of benzene rings is 1. The predicted molar refractivity (Wildman–Crippen MR) is 81.6 cm³/mol. The molecule has 0 saturated carbocycles. The molecule has 2 rings (SSSR count). The van der Waals surface area contributed by atoms with Gasteiger partial charge in [0.25, 0.3) is 0 Å². The van der Waals surface area contributed by atoms with Gasteiger partial charge in [0, 0.05) is 31.5 Å². The Bertz CT molecular complexity index is 569. The first-order chi connectivity index (χ1) is 9.85. The SMILES string of the molecule is Cn1ncnc1CC(CNC(C)(C)C)c1ccc(F)cc1. The zero-order valence-electron chi connectivity index (χ0n) is 13.1. The zero-order valence-corrected chi connectivity index (χ0v) is 13.1. The molecule has 1 heterocycles. The summed E-state index contributed by atoms with van der Waals surface area (Å²) in [7, 11) is 1.89. The van der Waals surface area contributed by atoms with Crippen molar-refractivity contribution in [2.75, 3.05) is 6.54 Å². The molecule has 1 aromatic carbocycles. The van der Waals surface area contributed by atoms with Crippen LogP contribution in [0, 0.1) is 5.82 Å². The van der Waals surface area contributed by atoms with Crippen LogP contribution >= 0.6 is 0 Å². The third-order valence-corrected chi connectivity index (χ3v) is 3.45. The van der Waals surface area contributed by atoms with Crippen molar-refractivity contribution < 1.29 is 4.39 Å². The van der Waals surface area contributed by atoms with Gasteiger partial charge >= 0.3 is 0 Å². The zero-order chi connectivity index (χ0) is 15.5. The molecule has 4 nitrogen and oxygen atoms in total. The molecule has 1 unspecified atom stereocenters. The van der Waals surface area contributed by atoms with E-state index in [1.165, 1.54) is 12.1 Å². The fraction of sp³-hybridized carbons (Fsp3) is 0.500. The van der Waals surface area contributed by atoms with Gasteiger partial charge in [0.2, 0.25) is 0 Å². The van der Waals surface area contributed by atoms with E-state index in [1.807, 2.05) is 19.2 Å². The molecule has 21 heavy (non-hydrogen) atoms. The summed E-state index contributed by atoms with van der Waals surface area (Å²) in [6.07, 6.45) is 2.33. The lowest BCUT2D eigenvalue weighted by molar-refractivity contribution is 0.401. The number of aryl methyl sites for hydroxylation is 1. The second-order valence-electron chi connectivity index (χ2n) is 6.38. The topological polar surface area (TPSA) is 42.7 Å². The number of aromatic nitrogens is 3. The number of nitrogens with zero attached hydrogens (tertiary/aromatic N) is 3. The Labute approximate surface area is 125 Å². The molecule has 1 aromatic heterocycles. The number of hydrogen-bond acceptors (Lipinski definition) is 3. The maximum absolute atomic E-state index is 13.1. The lowest BCUT2D eigenvalue weighted by Crippen LogP contribution is -2.39. The first-order valence-electron chi connectivity index (χ1n) is 7.18. The van der Waals surface area contributed by atoms with E-state index in [0.717, 1.165) is 24.4 Å². The molecule has 1 N–H and O–H groups in total. The van der Waals surface area contributed by atoms with E-state index in [1.54, 1.807) is 11.0 Å². The van der Waals surface area contributed by atoms with Crippen molar-refractivity contribution in [2.45, 2.75) is 38.6 Å². The van der Waals surface area contributed by atoms with Gasteiger partial charge in [-0.25, -0.2) is 9.37 Å². The summed E-state index contributed by atoms with van der Waals surface area (Å²) in [4.78, 5) is 4.29.